The highest BCUT2D eigenvalue weighted by molar-refractivity contribution is 5.88. The van der Waals surface area contributed by atoms with Gasteiger partial charge in [0.05, 0.1) is 6.61 Å². The van der Waals surface area contributed by atoms with Gasteiger partial charge >= 0.3 is 0 Å². The lowest BCUT2D eigenvalue weighted by molar-refractivity contribution is -0.114. The van der Waals surface area contributed by atoms with Crippen molar-refractivity contribution in [1.82, 2.24) is 4.98 Å². The first-order valence-corrected chi connectivity index (χ1v) is 4.92. The summed E-state index contributed by atoms with van der Waals surface area (Å²) in [6.45, 7) is 4.35. The van der Waals surface area contributed by atoms with Crippen LogP contribution < -0.4 is 10.1 Å². The van der Waals surface area contributed by atoms with Crippen molar-refractivity contribution in [2.75, 3.05) is 11.9 Å². The smallest absolute Gasteiger partial charge is 0.221 e. The van der Waals surface area contributed by atoms with Crippen LogP contribution in [-0.2, 0) is 4.79 Å². The Bertz CT molecular complexity index is 420. The van der Waals surface area contributed by atoms with Crippen molar-refractivity contribution in [3.63, 3.8) is 0 Å². The molecule has 1 aromatic rings. The Labute approximate surface area is 98.6 Å². The van der Waals surface area contributed by atoms with Crippen LogP contribution in [0.25, 0.3) is 0 Å². The molecule has 1 heterocycles. The van der Waals surface area contributed by atoms with E-state index in [-0.39, 0.29) is 17.5 Å². The number of hydrogen-bond donors (Lipinski definition) is 3. The second-order valence-electron chi connectivity index (χ2n) is 3.33. The van der Waals surface area contributed by atoms with Crippen molar-refractivity contribution in [1.29, 1.82) is 0 Å². The molecule has 0 aromatic carbocycles. The zero-order valence-electron chi connectivity index (χ0n) is 9.38. The van der Waals surface area contributed by atoms with Gasteiger partial charge in [-0.1, -0.05) is 6.58 Å². The summed E-state index contributed by atoms with van der Waals surface area (Å²) in [6.07, 6.45) is 0.278. The van der Waals surface area contributed by atoms with Gasteiger partial charge in [-0.15, -0.1) is 0 Å². The molecule has 0 aliphatic rings. The molecule has 0 aliphatic heterocycles. The Morgan fingerprint density at radius 1 is 1.71 bits per heavy atom. The lowest BCUT2D eigenvalue weighted by Gasteiger charge is -2.12. The molecule has 17 heavy (non-hydrogen) atoms. The molecule has 0 bridgehead atoms. The largest absolute Gasteiger partial charge is 0.441 e. The zero-order chi connectivity index (χ0) is 12.8. The standard InChI is InChI=1S/C11H14N2O4/c1-7(10(16)6-14)17-11-5-9(3-4-12-11)13-8(2)15/h3-5,10,14,16H,1,6H2,2H3,(H,12,13,15)/t10-/m0/s1. The second kappa shape index (κ2) is 5.97. The van der Waals surface area contributed by atoms with Crippen molar-refractivity contribution in [2.45, 2.75) is 13.0 Å². The molecule has 0 radical (unpaired) electrons. The third-order valence-electron chi connectivity index (χ3n) is 1.84. The maximum Gasteiger partial charge on any atom is 0.221 e. The lowest BCUT2D eigenvalue weighted by atomic mass is 10.3. The quantitative estimate of drug-likeness (QED) is 0.641. The maximum atomic E-state index is 10.8. The molecule has 0 saturated carbocycles. The molecule has 1 atom stereocenters. The van der Waals surface area contributed by atoms with E-state index in [1.165, 1.54) is 19.2 Å². The van der Waals surface area contributed by atoms with Gasteiger partial charge in [0.15, 0.2) is 0 Å². The Balaban J connectivity index is 2.72. The number of hydrogen-bond acceptors (Lipinski definition) is 5. The van der Waals surface area contributed by atoms with Gasteiger partial charge in [0.1, 0.15) is 11.9 Å². The third kappa shape index (κ3) is 4.21. The van der Waals surface area contributed by atoms with Crippen molar-refractivity contribution >= 4 is 11.6 Å². The van der Waals surface area contributed by atoms with Crippen LogP contribution in [0.3, 0.4) is 0 Å². The molecule has 6 heteroatoms. The summed E-state index contributed by atoms with van der Waals surface area (Å²) < 4.78 is 5.12. The predicted molar refractivity (Wildman–Crippen MR) is 61.4 cm³/mol. The minimum atomic E-state index is -1.17. The minimum absolute atomic E-state index is 0.0139. The summed E-state index contributed by atoms with van der Waals surface area (Å²) in [6, 6.07) is 3.08. The number of carbonyl (C=O) groups is 1. The molecule has 0 spiro atoms. The molecule has 1 rings (SSSR count). The van der Waals surface area contributed by atoms with Gasteiger partial charge in [-0.3, -0.25) is 4.79 Å². The molecule has 1 aromatic heterocycles. The van der Waals surface area contributed by atoms with Crippen LogP contribution in [-0.4, -0.2) is 33.8 Å². The van der Waals surface area contributed by atoms with Gasteiger partial charge in [0, 0.05) is 24.9 Å². The SMILES string of the molecule is C=C(Oc1cc(NC(C)=O)ccn1)[C@@H](O)CO. The van der Waals surface area contributed by atoms with Gasteiger partial charge < -0.3 is 20.3 Å². The Morgan fingerprint density at radius 3 is 3.00 bits per heavy atom. The summed E-state index contributed by atoms with van der Waals surface area (Å²) in [7, 11) is 0. The molecule has 0 unspecified atom stereocenters. The van der Waals surface area contributed by atoms with E-state index in [1.54, 1.807) is 6.07 Å². The normalized spacial score (nSPS) is 11.7. The minimum Gasteiger partial charge on any atom is -0.441 e. The van der Waals surface area contributed by atoms with E-state index >= 15 is 0 Å². The van der Waals surface area contributed by atoms with Crippen molar-refractivity contribution < 1.29 is 19.7 Å². The van der Waals surface area contributed by atoms with Crippen molar-refractivity contribution in [3.8, 4) is 5.88 Å². The maximum absolute atomic E-state index is 10.8. The average Bonchev–Trinajstić information content (AvgIpc) is 2.27. The Hall–Kier alpha value is -1.92. The van der Waals surface area contributed by atoms with Crippen molar-refractivity contribution in [3.05, 3.63) is 30.7 Å². The number of anilines is 1. The highest BCUT2D eigenvalue weighted by Gasteiger charge is 2.10. The molecule has 92 valence electrons. The van der Waals surface area contributed by atoms with Crippen molar-refractivity contribution in [2.24, 2.45) is 0 Å². The molecule has 0 fully saturated rings. The number of nitrogens with zero attached hydrogens (tertiary/aromatic N) is 1. The summed E-state index contributed by atoms with van der Waals surface area (Å²) >= 11 is 0. The number of nitrogens with one attached hydrogen (secondary N) is 1. The summed E-state index contributed by atoms with van der Waals surface area (Å²) in [5.41, 5.74) is 0.522. The summed E-state index contributed by atoms with van der Waals surface area (Å²) in [4.78, 5) is 14.7. The Morgan fingerprint density at radius 2 is 2.41 bits per heavy atom. The monoisotopic (exact) mass is 238 g/mol. The van der Waals surface area contributed by atoms with Gasteiger partial charge in [-0.05, 0) is 6.07 Å². The van der Waals surface area contributed by atoms with Crippen LogP contribution in [0.2, 0.25) is 0 Å². The second-order valence-corrected chi connectivity index (χ2v) is 3.33. The van der Waals surface area contributed by atoms with Gasteiger partial charge in [0.2, 0.25) is 11.8 Å². The Kier molecular flexibility index (Phi) is 4.62. The fourth-order valence-corrected chi connectivity index (χ4v) is 1.05. The molecule has 1 amide bonds. The molecule has 0 aliphatic carbocycles. The number of ether oxygens (including phenoxy) is 1. The molecule has 6 nitrogen and oxygen atoms in total. The summed E-state index contributed by atoms with van der Waals surface area (Å²) in [5, 5.41) is 20.5. The number of aliphatic hydroxyl groups is 2. The van der Waals surface area contributed by atoms with Crippen LogP contribution in [0.5, 0.6) is 5.88 Å². The first kappa shape index (κ1) is 13.1. The van der Waals surface area contributed by atoms with Crippen LogP contribution in [0.1, 0.15) is 6.92 Å². The highest BCUT2D eigenvalue weighted by Crippen LogP contribution is 2.16. The first-order valence-electron chi connectivity index (χ1n) is 4.92. The van der Waals surface area contributed by atoms with E-state index in [2.05, 4.69) is 16.9 Å². The van der Waals surface area contributed by atoms with E-state index in [0.717, 1.165) is 0 Å². The predicted octanol–water partition coefficient (Wildman–Crippen LogP) is 0.286. The topological polar surface area (TPSA) is 91.7 Å². The van der Waals surface area contributed by atoms with Crippen LogP contribution in [0.4, 0.5) is 5.69 Å². The lowest BCUT2D eigenvalue weighted by Crippen LogP contribution is -2.18. The fourth-order valence-electron chi connectivity index (χ4n) is 1.05. The van der Waals surface area contributed by atoms with Crippen LogP contribution in [0.15, 0.2) is 30.7 Å². The molecule has 3 N–H and O–H groups in total. The van der Waals surface area contributed by atoms with E-state index < -0.39 is 12.7 Å². The zero-order valence-corrected chi connectivity index (χ0v) is 9.38. The van der Waals surface area contributed by atoms with E-state index in [4.69, 9.17) is 9.84 Å². The molecular formula is C11H14N2O4. The number of amides is 1. The third-order valence-corrected chi connectivity index (χ3v) is 1.84. The number of aliphatic hydroxyl groups excluding tert-OH is 2. The average molecular weight is 238 g/mol. The number of aromatic nitrogens is 1. The number of carbonyl (C=O) groups excluding carboxylic acids is 1. The van der Waals surface area contributed by atoms with E-state index in [1.807, 2.05) is 0 Å². The van der Waals surface area contributed by atoms with Gasteiger partial charge in [-0.2, -0.15) is 0 Å². The molecule has 0 saturated heterocycles. The number of pyridine rings is 1. The summed E-state index contributed by atoms with van der Waals surface area (Å²) in [5.74, 6) is -0.0508. The van der Waals surface area contributed by atoms with Gasteiger partial charge in [0.25, 0.3) is 0 Å². The van der Waals surface area contributed by atoms with Crippen LogP contribution >= 0.6 is 0 Å². The van der Waals surface area contributed by atoms with Crippen LogP contribution in [0, 0.1) is 0 Å². The fraction of sp³-hybridized carbons (Fsp3) is 0.273. The first-order chi connectivity index (χ1) is 8.02. The number of rotatable bonds is 5. The van der Waals surface area contributed by atoms with Gasteiger partial charge in [-0.25, -0.2) is 4.98 Å². The van der Waals surface area contributed by atoms with E-state index in [9.17, 15) is 9.90 Å². The highest BCUT2D eigenvalue weighted by atomic mass is 16.5. The molecular weight excluding hydrogens is 224 g/mol. The van der Waals surface area contributed by atoms with E-state index in [0.29, 0.717) is 5.69 Å².